The van der Waals surface area contributed by atoms with Crippen LogP contribution < -0.4 is 5.73 Å². The van der Waals surface area contributed by atoms with Crippen LogP contribution in [0.5, 0.6) is 0 Å². The fourth-order valence-electron chi connectivity index (χ4n) is 1.03. The summed E-state index contributed by atoms with van der Waals surface area (Å²) < 4.78 is 25.1. The fraction of sp³-hybridized carbons (Fsp3) is 0.333. The molecule has 0 aliphatic carbocycles. The van der Waals surface area contributed by atoms with E-state index in [1.807, 2.05) is 0 Å². The van der Waals surface area contributed by atoms with Crippen LogP contribution in [0.1, 0.15) is 18.0 Å². The van der Waals surface area contributed by atoms with E-state index < -0.39 is 6.67 Å². The molecule has 0 saturated carbocycles. The molecular formula is C9H10BrF2N. The van der Waals surface area contributed by atoms with E-state index in [0.717, 1.165) is 5.56 Å². The van der Waals surface area contributed by atoms with Crippen molar-refractivity contribution < 1.29 is 8.78 Å². The predicted octanol–water partition coefficient (Wildman–Crippen LogP) is 2.95. The number of hydrogen-bond donors (Lipinski definition) is 1. The van der Waals surface area contributed by atoms with Gasteiger partial charge in [0.05, 0.1) is 11.1 Å². The van der Waals surface area contributed by atoms with Gasteiger partial charge in [0.2, 0.25) is 0 Å². The zero-order valence-corrected chi connectivity index (χ0v) is 8.52. The summed E-state index contributed by atoms with van der Waals surface area (Å²) in [5.41, 5.74) is 6.38. The van der Waals surface area contributed by atoms with E-state index in [9.17, 15) is 8.78 Å². The molecule has 0 radical (unpaired) electrons. The lowest BCUT2D eigenvalue weighted by Gasteiger charge is -2.09. The lowest BCUT2D eigenvalue weighted by atomic mass is 10.1. The number of rotatable bonds is 3. The summed E-state index contributed by atoms with van der Waals surface area (Å²) in [6.07, 6.45) is 0.262. The molecule has 0 amide bonds. The van der Waals surface area contributed by atoms with Crippen molar-refractivity contribution in [1.29, 1.82) is 0 Å². The number of nitrogens with two attached hydrogens (primary N) is 1. The van der Waals surface area contributed by atoms with Gasteiger partial charge in [-0.15, -0.1) is 0 Å². The van der Waals surface area contributed by atoms with Gasteiger partial charge in [0.1, 0.15) is 5.82 Å². The quantitative estimate of drug-likeness (QED) is 0.876. The van der Waals surface area contributed by atoms with E-state index >= 15 is 0 Å². The molecule has 1 nitrogen and oxygen atoms in total. The summed E-state index contributed by atoms with van der Waals surface area (Å²) in [6.45, 7) is -0.462. The maximum absolute atomic E-state index is 12.8. The second-order valence-electron chi connectivity index (χ2n) is 2.76. The van der Waals surface area contributed by atoms with Crippen LogP contribution >= 0.6 is 15.9 Å². The van der Waals surface area contributed by atoms with Gasteiger partial charge in [-0.25, -0.2) is 4.39 Å². The summed E-state index contributed by atoms with van der Waals surface area (Å²) in [5, 5.41) is 0. The molecular weight excluding hydrogens is 240 g/mol. The standard InChI is InChI=1S/C9H10BrF2N/c10-7-5-6(1-2-8(7)12)9(13)3-4-11/h1-2,5,9H,3-4,13H2/t9-/m1/s1. The summed E-state index contributed by atoms with van der Waals surface area (Å²) in [6, 6.07) is 4.11. The van der Waals surface area contributed by atoms with Crippen molar-refractivity contribution in [2.24, 2.45) is 5.73 Å². The Balaban J connectivity index is 2.84. The van der Waals surface area contributed by atoms with Crippen LogP contribution in [0.15, 0.2) is 22.7 Å². The molecule has 1 rings (SSSR count). The third-order valence-corrected chi connectivity index (χ3v) is 2.40. The Kier molecular flexibility index (Phi) is 3.81. The summed E-state index contributed by atoms with van der Waals surface area (Å²) in [5.74, 6) is -0.337. The van der Waals surface area contributed by atoms with Crippen molar-refractivity contribution in [3.63, 3.8) is 0 Å². The summed E-state index contributed by atoms with van der Waals surface area (Å²) >= 11 is 3.04. The predicted molar refractivity (Wildman–Crippen MR) is 51.6 cm³/mol. The molecule has 0 aromatic heterocycles. The number of hydrogen-bond acceptors (Lipinski definition) is 1. The van der Waals surface area contributed by atoms with E-state index in [4.69, 9.17) is 5.73 Å². The summed E-state index contributed by atoms with van der Waals surface area (Å²) in [7, 11) is 0. The lowest BCUT2D eigenvalue weighted by molar-refractivity contribution is 0.441. The highest BCUT2D eigenvalue weighted by Crippen LogP contribution is 2.21. The van der Waals surface area contributed by atoms with Crippen LogP contribution in [-0.2, 0) is 0 Å². The topological polar surface area (TPSA) is 26.0 Å². The minimum atomic E-state index is -0.462. The Morgan fingerprint density at radius 3 is 2.69 bits per heavy atom. The highest BCUT2D eigenvalue weighted by Gasteiger charge is 2.07. The maximum atomic E-state index is 12.8. The molecule has 0 aliphatic heterocycles. The van der Waals surface area contributed by atoms with Crippen molar-refractivity contribution >= 4 is 15.9 Å². The average Bonchev–Trinajstić information content (AvgIpc) is 2.10. The number of alkyl halides is 1. The maximum Gasteiger partial charge on any atom is 0.137 e. The molecule has 4 heteroatoms. The first-order valence-electron chi connectivity index (χ1n) is 3.91. The molecule has 0 saturated heterocycles. The Hall–Kier alpha value is -0.480. The largest absolute Gasteiger partial charge is 0.324 e. The van der Waals surface area contributed by atoms with Crippen LogP contribution in [0.4, 0.5) is 8.78 Å². The molecule has 0 spiro atoms. The number of halogens is 3. The Labute approximate surface area is 84.1 Å². The van der Waals surface area contributed by atoms with Gasteiger partial charge in [-0.05, 0) is 40.0 Å². The first kappa shape index (κ1) is 10.6. The Bertz CT molecular complexity index is 291. The van der Waals surface area contributed by atoms with Crippen molar-refractivity contribution in [2.45, 2.75) is 12.5 Å². The minimum Gasteiger partial charge on any atom is -0.324 e. The third-order valence-electron chi connectivity index (χ3n) is 1.79. The minimum absolute atomic E-state index is 0.262. The first-order valence-corrected chi connectivity index (χ1v) is 4.71. The Morgan fingerprint density at radius 2 is 2.15 bits per heavy atom. The second-order valence-corrected chi connectivity index (χ2v) is 3.61. The molecule has 0 aliphatic rings. The van der Waals surface area contributed by atoms with Gasteiger partial charge >= 0.3 is 0 Å². The van der Waals surface area contributed by atoms with Crippen molar-refractivity contribution in [2.75, 3.05) is 6.67 Å². The Morgan fingerprint density at radius 1 is 1.46 bits per heavy atom. The normalized spacial score (nSPS) is 12.9. The molecule has 0 fully saturated rings. The SMILES string of the molecule is N[C@H](CCF)c1ccc(F)c(Br)c1. The first-order chi connectivity index (χ1) is 6.15. The summed E-state index contributed by atoms with van der Waals surface area (Å²) in [4.78, 5) is 0. The average molecular weight is 250 g/mol. The zero-order chi connectivity index (χ0) is 9.84. The molecule has 13 heavy (non-hydrogen) atoms. The van der Waals surface area contributed by atoms with Crippen LogP contribution in [0.25, 0.3) is 0 Å². The molecule has 0 unspecified atom stereocenters. The highest BCUT2D eigenvalue weighted by molar-refractivity contribution is 9.10. The molecule has 0 bridgehead atoms. The highest BCUT2D eigenvalue weighted by atomic mass is 79.9. The van der Waals surface area contributed by atoms with E-state index in [2.05, 4.69) is 15.9 Å². The van der Waals surface area contributed by atoms with Crippen LogP contribution in [0.3, 0.4) is 0 Å². The number of benzene rings is 1. The van der Waals surface area contributed by atoms with Gasteiger partial charge in [-0.3, -0.25) is 4.39 Å². The van der Waals surface area contributed by atoms with Crippen LogP contribution in [-0.4, -0.2) is 6.67 Å². The smallest absolute Gasteiger partial charge is 0.137 e. The lowest BCUT2D eigenvalue weighted by Crippen LogP contribution is -2.10. The van der Waals surface area contributed by atoms with Gasteiger partial charge in [0.15, 0.2) is 0 Å². The van der Waals surface area contributed by atoms with Crippen LogP contribution in [0, 0.1) is 5.82 Å². The van der Waals surface area contributed by atoms with E-state index in [-0.39, 0.29) is 18.3 Å². The van der Waals surface area contributed by atoms with Crippen molar-refractivity contribution in [3.8, 4) is 0 Å². The molecule has 1 atom stereocenters. The van der Waals surface area contributed by atoms with Crippen LogP contribution in [0.2, 0.25) is 0 Å². The molecule has 1 aromatic carbocycles. The van der Waals surface area contributed by atoms with Gasteiger partial charge in [0, 0.05) is 6.04 Å². The van der Waals surface area contributed by atoms with Gasteiger partial charge in [-0.1, -0.05) is 6.07 Å². The third kappa shape index (κ3) is 2.74. The van der Waals surface area contributed by atoms with Crippen molar-refractivity contribution in [3.05, 3.63) is 34.1 Å². The zero-order valence-electron chi connectivity index (χ0n) is 6.93. The van der Waals surface area contributed by atoms with Crippen molar-refractivity contribution in [1.82, 2.24) is 0 Å². The van der Waals surface area contributed by atoms with Gasteiger partial charge < -0.3 is 5.73 Å². The molecule has 72 valence electrons. The monoisotopic (exact) mass is 249 g/mol. The van der Waals surface area contributed by atoms with Gasteiger partial charge in [-0.2, -0.15) is 0 Å². The molecule has 0 heterocycles. The van der Waals surface area contributed by atoms with E-state index in [1.165, 1.54) is 6.07 Å². The second kappa shape index (κ2) is 4.67. The van der Waals surface area contributed by atoms with Gasteiger partial charge in [0.25, 0.3) is 0 Å². The molecule has 1 aromatic rings. The fourth-order valence-corrected chi connectivity index (χ4v) is 1.42. The van der Waals surface area contributed by atoms with E-state index in [1.54, 1.807) is 12.1 Å². The van der Waals surface area contributed by atoms with E-state index in [0.29, 0.717) is 4.47 Å². The molecule has 2 N–H and O–H groups in total.